The van der Waals surface area contributed by atoms with E-state index in [1.54, 1.807) is 6.26 Å². The van der Waals surface area contributed by atoms with Crippen molar-refractivity contribution in [1.82, 2.24) is 0 Å². The van der Waals surface area contributed by atoms with Crippen molar-refractivity contribution >= 4 is 12.6 Å². The van der Waals surface area contributed by atoms with Crippen molar-refractivity contribution in [2.24, 2.45) is 5.92 Å². The molecule has 0 saturated carbocycles. The fourth-order valence-corrected chi connectivity index (χ4v) is 1.37. The number of hydrogen-bond donors (Lipinski definition) is 1. The summed E-state index contributed by atoms with van der Waals surface area (Å²) in [5.41, 5.74) is 0. The molecule has 0 aromatic rings. The molecule has 0 N–H and O–H groups in total. The van der Waals surface area contributed by atoms with Gasteiger partial charge in [-0.05, 0) is 12.2 Å². The third kappa shape index (κ3) is 19.0. The highest BCUT2D eigenvalue weighted by atomic mass is 32.1. The maximum atomic E-state index is 3.53. The lowest BCUT2D eigenvalue weighted by molar-refractivity contribution is 0.427. The summed E-state index contributed by atoms with van der Waals surface area (Å²) >= 11 is 3.53. The molecule has 0 saturated heterocycles. The highest BCUT2D eigenvalue weighted by Crippen LogP contribution is 2.16. The van der Waals surface area contributed by atoms with E-state index in [4.69, 9.17) is 0 Å². The predicted molar refractivity (Wildman–Crippen MR) is 69.9 cm³/mol. The Hall–Kier alpha value is 0.350. The van der Waals surface area contributed by atoms with Crippen LogP contribution in [-0.4, -0.2) is 6.26 Å². The molecule has 0 aromatic carbocycles. The summed E-state index contributed by atoms with van der Waals surface area (Å²) in [7, 11) is 0. The molecule has 0 aliphatic rings. The van der Waals surface area contributed by atoms with Gasteiger partial charge in [-0.2, -0.15) is 12.6 Å². The summed E-state index contributed by atoms with van der Waals surface area (Å²) in [6.45, 7) is 10.9. The topological polar surface area (TPSA) is 0 Å². The average molecular weight is 206 g/mol. The highest BCUT2D eigenvalue weighted by molar-refractivity contribution is 7.79. The Morgan fingerprint density at radius 1 is 0.846 bits per heavy atom. The first-order valence-corrected chi connectivity index (χ1v) is 6.69. The summed E-state index contributed by atoms with van der Waals surface area (Å²) in [5, 5.41) is 0. The summed E-state index contributed by atoms with van der Waals surface area (Å²) in [6.07, 6.45) is 8.66. The van der Waals surface area contributed by atoms with Crippen LogP contribution in [-0.2, 0) is 0 Å². The normalized spacial score (nSPS) is 8.31. The molecule has 0 radical (unpaired) electrons. The Morgan fingerprint density at radius 3 is 1.31 bits per heavy atom. The van der Waals surface area contributed by atoms with Crippen LogP contribution in [0.4, 0.5) is 0 Å². The van der Waals surface area contributed by atoms with E-state index in [-0.39, 0.29) is 0 Å². The van der Waals surface area contributed by atoms with Gasteiger partial charge in [-0.25, -0.2) is 0 Å². The molecule has 0 aliphatic carbocycles. The molecule has 1 heteroatoms. The average Bonchev–Trinajstić information content (AvgIpc) is 2.23. The smallest absolute Gasteiger partial charge is 0.0215 e. The molecule has 0 unspecified atom stereocenters. The molecule has 13 heavy (non-hydrogen) atoms. The maximum absolute atomic E-state index is 3.53. The molecule has 0 atom stereocenters. The molecule has 0 fully saturated rings. The Kier molecular flexibility index (Phi) is 33.4. The van der Waals surface area contributed by atoms with Gasteiger partial charge in [-0.3, -0.25) is 0 Å². The minimum atomic E-state index is 1.01. The van der Waals surface area contributed by atoms with Crippen molar-refractivity contribution < 1.29 is 0 Å². The van der Waals surface area contributed by atoms with Gasteiger partial charge < -0.3 is 0 Å². The largest absolute Gasteiger partial charge is 0.183 e. The third-order valence-electron chi connectivity index (χ3n) is 1.97. The molecule has 0 aromatic heterocycles. The van der Waals surface area contributed by atoms with E-state index >= 15 is 0 Å². The zero-order valence-electron chi connectivity index (χ0n) is 10.6. The summed E-state index contributed by atoms with van der Waals surface area (Å²) in [6, 6.07) is 0. The van der Waals surface area contributed by atoms with Crippen molar-refractivity contribution in [3.8, 4) is 0 Å². The van der Waals surface area contributed by atoms with E-state index < -0.39 is 0 Å². The third-order valence-corrected chi connectivity index (χ3v) is 1.97. The van der Waals surface area contributed by atoms with Crippen molar-refractivity contribution in [2.75, 3.05) is 6.26 Å². The van der Waals surface area contributed by atoms with E-state index in [2.05, 4.69) is 33.4 Å². The fourth-order valence-electron chi connectivity index (χ4n) is 1.37. The fraction of sp³-hybridized carbons (Fsp3) is 1.00. The van der Waals surface area contributed by atoms with Crippen LogP contribution in [0.2, 0.25) is 0 Å². The minimum absolute atomic E-state index is 1.01. The first kappa shape index (κ1) is 19.0. The molecule has 0 spiro atoms. The SMILES string of the molecule is CC.CCCC(CC)CCC.CS. The number of hydrogen-bond acceptors (Lipinski definition) is 1. The Labute approximate surface area is 91.9 Å². The van der Waals surface area contributed by atoms with Crippen LogP contribution < -0.4 is 0 Å². The van der Waals surface area contributed by atoms with Crippen LogP contribution in [0.1, 0.15) is 66.7 Å². The van der Waals surface area contributed by atoms with Gasteiger partial charge in [0.1, 0.15) is 0 Å². The molecule has 84 valence electrons. The first-order chi connectivity index (χ1) is 6.35. The van der Waals surface area contributed by atoms with E-state index in [0.717, 1.165) is 5.92 Å². The lowest BCUT2D eigenvalue weighted by atomic mass is 9.96. The molecule has 0 heterocycles. The van der Waals surface area contributed by atoms with Crippen LogP contribution in [0.25, 0.3) is 0 Å². The monoisotopic (exact) mass is 206 g/mol. The molecule has 0 aliphatic heterocycles. The minimum Gasteiger partial charge on any atom is -0.183 e. The Balaban J connectivity index is -0.000000218. The quantitative estimate of drug-likeness (QED) is 0.588. The van der Waals surface area contributed by atoms with Gasteiger partial charge in [0.15, 0.2) is 0 Å². The maximum Gasteiger partial charge on any atom is -0.0215 e. The van der Waals surface area contributed by atoms with E-state index in [0.29, 0.717) is 0 Å². The number of rotatable bonds is 5. The summed E-state index contributed by atoms with van der Waals surface area (Å²) < 4.78 is 0. The van der Waals surface area contributed by atoms with Gasteiger partial charge in [-0.15, -0.1) is 0 Å². The molecule has 0 amide bonds. The van der Waals surface area contributed by atoms with Gasteiger partial charge in [0, 0.05) is 0 Å². The van der Waals surface area contributed by atoms with E-state index in [9.17, 15) is 0 Å². The molecule has 0 nitrogen and oxygen atoms in total. The van der Waals surface area contributed by atoms with E-state index in [1.807, 2.05) is 13.8 Å². The lowest BCUT2D eigenvalue weighted by Gasteiger charge is -2.10. The van der Waals surface area contributed by atoms with Crippen LogP contribution in [0.5, 0.6) is 0 Å². The second-order valence-corrected chi connectivity index (χ2v) is 2.85. The molecular formula is C12H30S. The van der Waals surface area contributed by atoms with Crippen molar-refractivity contribution in [2.45, 2.75) is 66.7 Å². The molecule has 0 bridgehead atoms. The van der Waals surface area contributed by atoms with Crippen LogP contribution in [0.15, 0.2) is 0 Å². The van der Waals surface area contributed by atoms with E-state index in [1.165, 1.54) is 32.1 Å². The zero-order chi connectivity index (χ0) is 11.1. The molecular weight excluding hydrogens is 176 g/mol. The van der Waals surface area contributed by atoms with Crippen molar-refractivity contribution in [3.63, 3.8) is 0 Å². The second-order valence-electron chi connectivity index (χ2n) is 2.85. The Bertz CT molecular complexity index is 47.1. The standard InChI is InChI=1S/C9H20.C2H6.CH4S/c1-4-7-9(6-3)8-5-2;2*1-2/h9H,4-8H2,1-3H3;1-2H3;2H,1H3. The van der Waals surface area contributed by atoms with Crippen molar-refractivity contribution in [1.29, 1.82) is 0 Å². The van der Waals surface area contributed by atoms with Crippen LogP contribution in [0.3, 0.4) is 0 Å². The van der Waals surface area contributed by atoms with Gasteiger partial charge >= 0.3 is 0 Å². The zero-order valence-corrected chi connectivity index (χ0v) is 11.5. The van der Waals surface area contributed by atoms with Crippen LogP contribution in [0, 0.1) is 5.92 Å². The summed E-state index contributed by atoms with van der Waals surface area (Å²) in [5.74, 6) is 1.01. The first-order valence-electron chi connectivity index (χ1n) is 5.79. The van der Waals surface area contributed by atoms with Gasteiger partial charge in [0.2, 0.25) is 0 Å². The van der Waals surface area contributed by atoms with Gasteiger partial charge in [-0.1, -0.05) is 66.7 Å². The van der Waals surface area contributed by atoms with Crippen molar-refractivity contribution in [3.05, 3.63) is 0 Å². The van der Waals surface area contributed by atoms with Gasteiger partial charge in [0.05, 0.1) is 0 Å². The van der Waals surface area contributed by atoms with Crippen LogP contribution >= 0.6 is 12.6 Å². The summed E-state index contributed by atoms with van der Waals surface area (Å²) in [4.78, 5) is 0. The second kappa shape index (κ2) is 22.8. The predicted octanol–water partition coefficient (Wildman–Crippen LogP) is 5.19. The van der Waals surface area contributed by atoms with Gasteiger partial charge in [0.25, 0.3) is 0 Å². The lowest BCUT2D eigenvalue weighted by Crippen LogP contribution is -1.96. The Morgan fingerprint density at radius 2 is 1.15 bits per heavy atom. The molecule has 0 rings (SSSR count). The highest BCUT2D eigenvalue weighted by Gasteiger charge is 2.01. The number of thiol groups is 1.